The number of phenolic OH excluding ortho intramolecular Hbond substituents is 1. The molecule has 1 aliphatic carbocycles. The fourth-order valence-corrected chi connectivity index (χ4v) is 2.12. The molecule has 0 amide bonds. The van der Waals surface area contributed by atoms with E-state index in [-0.39, 0.29) is 22.7 Å². The predicted octanol–water partition coefficient (Wildman–Crippen LogP) is 3.06. The lowest BCUT2D eigenvalue weighted by Crippen LogP contribution is -2.02. The second-order valence-corrected chi connectivity index (χ2v) is 3.82. The van der Waals surface area contributed by atoms with Crippen molar-refractivity contribution < 1.29 is 14.0 Å². The molecule has 0 aliphatic heterocycles. The Hall–Kier alpha value is -2.09. The third kappa shape index (κ3) is 1.10. The zero-order valence-electron chi connectivity index (χ0n) is 11.3. The van der Waals surface area contributed by atoms with Crippen LogP contribution in [0.25, 0.3) is 16.8 Å². The topological polar surface area (TPSA) is 37.3 Å². The summed E-state index contributed by atoms with van der Waals surface area (Å²) in [5.74, 6) is -0.345. The van der Waals surface area contributed by atoms with Gasteiger partial charge in [0.05, 0.1) is 5.56 Å². The van der Waals surface area contributed by atoms with Crippen LogP contribution in [0.2, 0.25) is 0 Å². The van der Waals surface area contributed by atoms with E-state index in [2.05, 4.69) is 0 Å². The summed E-state index contributed by atoms with van der Waals surface area (Å²) < 4.78 is 22.4. The van der Waals surface area contributed by atoms with Crippen molar-refractivity contribution in [1.29, 1.82) is 0 Å². The van der Waals surface area contributed by atoms with Gasteiger partial charge in [0, 0.05) is 9.50 Å². The van der Waals surface area contributed by atoms with E-state index in [0.717, 1.165) is 0 Å². The van der Waals surface area contributed by atoms with E-state index in [4.69, 9.17) is 4.11 Å². The fraction of sp³-hybridized carbons (Fsp3) is 0.0714. The first kappa shape index (κ1) is 6.48. The lowest BCUT2D eigenvalue weighted by Gasteiger charge is -2.14. The number of aromatic hydroxyl groups is 1. The maximum atomic E-state index is 11.8. The lowest BCUT2D eigenvalue weighted by atomic mass is 9.90. The van der Waals surface area contributed by atoms with E-state index in [9.17, 15) is 9.90 Å². The van der Waals surface area contributed by atoms with E-state index in [1.807, 2.05) is 0 Å². The molecule has 0 atom stereocenters. The van der Waals surface area contributed by atoms with Crippen LogP contribution in [0, 0.1) is 6.85 Å². The average molecular weight is 213 g/mol. The number of carbonyl (C=O) groups is 1. The first-order valence-corrected chi connectivity index (χ1v) is 4.90. The van der Waals surface area contributed by atoms with Crippen molar-refractivity contribution >= 4 is 22.6 Å². The number of benzene rings is 2. The minimum absolute atomic E-state index is 0.0790. The molecule has 0 aromatic heterocycles. The molecule has 16 heavy (non-hydrogen) atoms. The van der Waals surface area contributed by atoms with E-state index >= 15 is 0 Å². The summed E-state index contributed by atoms with van der Waals surface area (Å²) in [4.78, 5) is 11.8. The zero-order chi connectivity index (χ0) is 13.8. The van der Waals surface area contributed by atoms with Gasteiger partial charge in [-0.15, -0.1) is 0 Å². The van der Waals surface area contributed by atoms with Crippen LogP contribution >= 0.6 is 0 Å². The van der Waals surface area contributed by atoms with Gasteiger partial charge in [0.25, 0.3) is 0 Å². The van der Waals surface area contributed by atoms with Crippen molar-refractivity contribution in [3.8, 4) is 5.75 Å². The molecule has 0 fully saturated rings. The third-order valence-corrected chi connectivity index (χ3v) is 2.79. The van der Waals surface area contributed by atoms with Crippen LogP contribution in [-0.4, -0.2) is 10.9 Å². The molecule has 0 heterocycles. The van der Waals surface area contributed by atoms with Gasteiger partial charge in [-0.1, -0.05) is 24.3 Å². The second-order valence-electron chi connectivity index (χ2n) is 3.82. The molecule has 0 saturated carbocycles. The van der Waals surface area contributed by atoms with Crippen molar-refractivity contribution in [2.24, 2.45) is 0 Å². The standard InChI is InChI=1S/C14H10O2/c1-8-6-9-2-4-11(15)14-12(16)5-3-10(7-8)13(9)14/h2-7,15H,1H3/i1D3. The SMILES string of the molecule is [2H]C([2H])([2H])c1cc2c3c(c(O)ccc3c1)C(=O)C=C2. The summed E-state index contributed by atoms with van der Waals surface area (Å²) >= 11 is 0. The molecule has 2 nitrogen and oxygen atoms in total. The quantitative estimate of drug-likeness (QED) is 0.730. The van der Waals surface area contributed by atoms with E-state index in [1.54, 1.807) is 24.3 Å². The number of aryl methyl sites for hydroxylation is 1. The molecule has 0 unspecified atom stereocenters. The molecular formula is C14H10O2. The molecule has 2 aromatic carbocycles. The van der Waals surface area contributed by atoms with Crippen LogP contribution < -0.4 is 0 Å². The summed E-state index contributed by atoms with van der Waals surface area (Å²) in [6.07, 6.45) is 2.94. The van der Waals surface area contributed by atoms with Crippen LogP contribution in [0.5, 0.6) is 5.75 Å². The van der Waals surface area contributed by atoms with Gasteiger partial charge in [0.2, 0.25) is 0 Å². The molecule has 2 aromatic rings. The predicted molar refractivity (Wildman–Crippen MR) is 63.7 cm³/mol. The highest BCUT2D eigenvalue weighted by Gasteiger charge is 2.18. The normalized spacial score (nSPS) is 17.0. The number of rotatable bonds is 0. The average Bonchev–Trinajstić information content (AvgIpc) is 2.34. The minimum atomic E-state index is -2.20. The maximum absolute atomic E-state index is 11.8. The molecule has 2 heteroatoms. The maximum Gasteiger partial charge on any atom is 0.190 e. The highest BCUT2D eigenvalue weighted by Crippen LogP contribution is 2.34. The number of carbonyl (C=O) groups excluding carboxylic acids is 1. The Morgan fingerprint density at radius 3 is 2.94 bits per heavy atom. The Morgan fingerprint density at radius 2 is 2.12 bits per heavy atom. The van der Waals surface area contributed by atoms with Crippen LogP contribution in [0.1, 0.15) is 25.6 Å². The van der Waals surface area contributed by atoms with Gasteiger partial charge in [-0.05, 0) is 35.5 Å². The van der Waals surface area contributed by atoms with E-state index in [1.165, 1.54) is 12.1 Å². The second kappa shape index (κ2) is 2.95. The van der Waals surface area contributed by atoms with E-state index < -0.39 is 6.85 Å². The highest BCUT2D eigenvalue weighted by molar-refractivity contribution is 6.21. The fourth-order valence-electron chi connectivity index (χ4n) is 2.12. The summed E-state index contributed by atoms with van der Waals surface area (Å²) in [6.45, 7) is -2.20. The number of ketones is 1. The lowest BCUT2D eigenvalue weighted by molar-refractivity contribution is 0.104. The third-order valence-electron chi connectivity index (χ3n) is 2.79. The van der Waals surface area contributed by atoms with Crippen molar-refractivity contribution in [2.75, 3.05) is 0 Å². The Labute approximate surface area is 97.0 Å². The number of hydrogen-bond donors (Lipinski definition) is 1. The Balaban J connectivity index is 2.44. The first-order chi connectivity index (χ1) is 8.88. The summed E-state index contributed by atoms with van der Waals surface area (Å²) in [7, 11) is 0. The van der Waals surface area contributed by atoms with Gasteiger partial charge < -0.3 is 5.11 Å². The number of allylic oxidation sites excluding steroid dienone is 1. The molecular weight excluding hydrogens is 200 g/mol. The zero-order valence-corrected chi connectivity index (χ0v) is 8.32. The number of hydrogen-bond acceptors (Lipinski definition) is 2. The van der Waals surface area contributed by atoms with Crippen LogP contribution in [0.15, 0.2) is 30.3 Å². The van der Waals surface area contributed by atoms with Crippen LogP contribution in [0.4, 0.5) is 0 Å². The monoisotopic (exact) mass is 213 g/mol. The first-order valence-electron chi connectivity index (χ1n) is 6.40. The van der Waals surface area contributed by atoms with E-state index in [0.29, 0.717) is 16.3 Å². The van der Waals surface area contributed by atoms with Crippen LogP contribution in [0.3, 0.4) is 0 Å². The Bertz CT molecular complexity index is 742. The molecule has 1 aliphatic rings. The minimum Gasteiger partial charge on any atom is -0.507 e. The Morgan fingerprint density at radius 1 is 1.25 bits per heavy atom. The van der Waals surface area contributed by atoms with Crippen molar-refractivity contribution in [1.82, 2.24) is 0 Å². The van der Waals surface area contributed by atoms with Crippen molar-refractivity contribution in [2.45, 2.75) is 6.85 Å². The number of phenols is 1. The molecule has 0 bridgehead atoms. The van der Waals surface area contributed by atoms with Crippen molar-refractivity contribution in [3.63, 3.8) is 0 Å². The molecule has 0 spiro atoms. The molecule has 0 radical (unpaired) electrons. The van der Waals surface area contributed by atoms with Crippen molar-refractivity contribution in [3.05, 3.63) is 47.0 Å². The van der Waals surface area contributed by atoms with Gasteiger partial charge in [-0.25, -0.2) is 0 Å². The summed E-state index contributed by atoms with van der Waals surface area (Å²) in [6, 6.07) is 6.13. The van der Waals surface area contributed by atoms with Gasteiger partial charge in [-0.3, -0.25) is 4.79 Å². The highest BCUT2D eigenvalue weighted by atomic mass is 16.3. The smallest absolute Gasteiger partial charge is 0.190 e. The molecule has 78 valence electrons. The van der Waals surface area contributed by atoms with Gasteiger partial charge in [0.15, 0.2) is 5.78 Å². The summed E-state index contributed by atoms with van der Waals surface area (Å²) in [5.41, 5.74) is 1.12. The van der Waals surface area contributed by atoms with Crippen LogP contribution in [-0.2, 0) is 0 Å². The molecule has 1 N–H and O–H groups in total. The molecule has 0 saturated heterocycles. The van der Waals surface area contributed by atoms with Gasteiger partial charge in [0.1, 0.15) is 5.75 Å². The Kier molecular flexibility index (Phi) is 1.20. The largest absolute Gasteiger partial charge is 0.507 e. The van der Waals surface area contributed by atoms with Gasteiger partial charge in [-0.2, -0.15) is 0 Å². The van der Waals surface area contributed by atoms with Gasteiger partial charge >= 0.3 is 0 Å². The summed E-state index contributed by atoms with van der Waals surface area (Å²) in [5, 5.41) is 11.1. The molecule has 3 rings (SSSR count).